The number of allylic oxidation sites excluding steroid dienone is 1. The van der Waals surface area contributed by atoms with Gasteiger partial charge in [-0.3, -0.25) is 4.79 Å². The normalized spacial score (nSPS) is 22.3. The van der Waals surface area contributed by atoms with Gasteiger partial charge < -0.3 is 10.1 Å². The molecule has 134 valence electrons. The fraction of sp³-hybridized carbons (Fsp3) is 0.524. The van der Waals surface area contributed by atoms with Crippen LogP contribution in [0.1, 0.15) is 68.9 Å². The predicted molar refractivity (Wildman–Crippen MR) is 97.0 cm³/mol. The van der Waals surface area contributed by atoms with Gasteiger partial charge in [0.25, 0.3) is 0 Å². The minimum atomic E-state index is -0.266. The number of hydrogen-bond acceptors (Lipinski definition) is 3. The zero-order chi connectivity index (χ0) is 17.8. The van der Waals surface area contributed by atoms with Crippen LogP contribution in [0.15, 0.2) is 35.5 Å². The van der Waals surface area contributed by atoms with Gasteiger partial charge in [0.05, 0.1) is 5.57 Å². The Hall–Kier alpha value is -2.10. The first-order chi connectivity index (χ1) is 12.1. The SMILES string of the molecule is CC1=C(C(=O)OC2CCCCCC2)[C@@H](c2ccccc2C)CC(=O)N1. The summed E-state index contributed by atoms with van der Waals surface area (Å²) in [7, 11) is 0. The first kappa shape index (κ1) is 17.7. The summed E-state index contributed by atoms with van der Waals surface area (Å²) in [6, 6.07) is 7.95. The van der Waals surface area contributed by atoms with Crippen LogP contribution in [0.5, 0.6) is 0 Å². The van der Waals surface area contributed by atoms with E-state index in [1.807, 2.05) is 31.2 Å². The van der Waals surface area contributed by atoms with Crippen molar-refractivity contribution in [2.75, 3.05) is 0 Å². The summed E-state index contributed by atoms with van der Waals surface area (Å²) in [6.07, 6.45) is 6.86. The number of esters is 1. The second-order valence-corrected chi connectivity index (χ2v) is 7.22. The van der Waals surface area contributed by atoms with E-state index in [0.717, 1.165) is 36.8 Å². The van der Waals surface area contributed by atoms with Gasteiger partial charge in [0.1, 0.15) is 6.10 Å². The minimum absolute atomic E-state index is 0.00504. The highest BCUT2D eigenvalue weighted by atomic mass is 16.5. The lowest BCUT2D eigenvalue weighted by molar-refractivity contribution is -0.145. The molecule has 4 nitrogen and oxygen atoms in total. The maximum atomic E-state index is 13.0. The Balaban J connectivity index is 1.87. The lowest BCUT2D eigenvalue weighted by Gasteiger charge is -2.28. The van der Waals surface area contributed by atoms with Crippen molar-refractivity contribution >= 4 is 11.9 Å². The highest BCUT2D eigenvalue weighted by molar-refractivity contribution is 5.96. The molecule has 1 aromatic rings. The van der Waals surface area contributed by atoms with Gasteiger partial charge in [-0.2, -0.15) is 0 Å². The van der Waals surface area contributed by atoms with Crippen molar-refractivity contribution in [1.29, 1.82) is 0 Å². The second-order valence-electron chi connectivity index (χ2n) is 7.22. The molecule has 0 spiro atoms. The highest BCUT2D eigenvalue weighted by Crippen LogP contribution is 2.35. The molecule has 0 saturated heterocycles. The highest BCUT2D eigenvalue weighted by Gasteiger charge is 2.34. The molecule has 1 amide bonds. The summed E-state index contributed by atoms with van der Waals surface area (Å²) in [5.41, 5.74) is 3.36. The van der Waals surface area contributed by atoms with E-state index in [2.05, 4.69) is 5.32 Å². The summed E-state index contributed by atoms with van der Waals surface area (Å²) in [4.78, 5) is 25.0. The Labute approximate surface area is 149 Å². The largest absolute Gasteiger partial charge is 0.459 e. The van der Waals surface area contributed by atoms with Gasteiger partial charge in [0.15, 0.2) is 0 Å². The summed E-state index contributed by atoms with van der Waals surface area (Å²) in [5, 5.41) is 2.82. The fourth-order valence-corrected chi connectivity index (χ4v) is 3.99. The topological polar surface area (TPSA) is 55.4 Å². The van der Waals surface area contributed by atoms with E-state index in [9.17, 15) is 9.59 Å². The molecule has 1 fully saturated rings. The first-order valence-corrected chi connectivity index (χ1v) is 9.33. The van der Waals surface area contributed by atoms with Gasteiger partial charge in [-0.1, -0.05) is 37.1 Å². The number of aryl methyl sites for hydroxylation is 1. The smallest absolute Gasteiger partial charge is 0.336 e. The number of hydrogen-bond donors (Lipinski definition) is 1. The maximum Gasteiger partial charge on any atom is 0.336 e. The summed E-state index contributed by atoms with van der Waals surface area (Å²) < 4.78 is 5.86. The third kappa shape index (κ3) is 4.12. The van der Waals surface area contributed by atoms with E-state index in [-0.39, 0.29) is 30.3 Å². The van der Waals surface area contributed by atoms with Crippen LogP contribution >= 0.6 is 0 Å². The number of nitrogens with one attached hydrogen (secondary N) is 1. The predicted octanol–water partition coefficient (Wildman–Crippen LogP) is 4.14. The van der Waals surface area contributed by atoms with E-state index in [4.69, 9.17) is 4.74 Å². The molecule has 2 aliphatic rings. The van der Waals surface area contributed by atoms with Crippen LogP contribution in [0.25, 0.3) is 0 Å². The van der Waals surface area contributed by atoms with Crippen molar-refractivity contribution in [3.8, 4) is 0 Å². The third-order valence-corrected chi connectivity index (χ3v) is 5.33. The Bertz CT molecular complexity index is 684. The van der Waals surface area contributed by atoms with Crippen LogP contribution in [-0.2, 0) is 14.3 Å². The van der Waals surface area contributed by atoms with Crippen LogP contribution in [0, 0.1) is 6.92 Å². The average molecular weight is 341 g/mol. The lowest BCUT2D eigenvalue weighted by atomic mass is 9.82. The van der Waals surface area contributed by atoms with E-state index >= 15 is 0 Å². The molecule has 3 rings (SSSR count). The molecule has 1 saturated carbocycles. The average Bonchev–Trinajstić information content (AvgIpc) is 2.83. The molecule has 1 aliphatic heterocycles. The molecule has 1 heterocycles. The molecule has 0 unspecified atom stereocenters. The van der Waals surface area contributed by atoms with Crippen LogP contribution < -0.4 is 5.32 Å². The van der Waals surface area contributed by atoms with Crippen molar-refractivity contribution in [2.45, 2.75) is 70.8 Å². The van der Waals surface area contributed by atoms with Crippen LogP contribution in [-0.4, -0.2) is 18.0 Å². The van der Waals surface area contributed by atoms with E-state index < -0.39 is 0 Å². The van der Waals surface area contributed by atoms with Gasteiger partial charge in [0.2, 0.25) is 5.91 Å². The fourth-order valence-electron chi connectivity index (χ4n) is 3.99. The zero-order valence-electron chi connectivity index (χ0n) is 15.1. The van der Waals surface area contributed by atoms with Gasteiger partial charge >= 0.3 is 5.97 Å². The van der Waals surface area contributed by atoms with Crippen molar-refractivity contribution < 1.29 is 14.3 Å². The standard InChI is InChI=1S/C21H27NO3/c1-14-9-7-8-12-17(14)18-13-19(23)22-15(2)20(18)21(24)25-16-10-5-3-4-6-11-16/h7-9,12,16,18H,3-6,10-11,13H2,1-2H3,(H,22,23)/t18-/m1/s1. The molecular weight excluding hydrogens is 314 g/mol. The summed E-state index contributed by atoms with van der Waals surface area (Å²) in [6.45, 7) is 3.82. The van der Waals surface area contributed by atoms with Crippen LogP contribution in [0.4, 0.5) is 0 Å². The number of amides is 1. The summed E-state index contributed by atoms with van der Waals surface area (Å²) >= 11 is 0. The Morgan fingerprint density at radius 1 is 1.08 bits per heavy atom. The number of ether oxygens (including phenoxy) is 1. The molecule has 1 atom stereocenters. The van der Waals surface area contributed by atoms with Crippen molar-refractivity contribution in [3.63, 3.8) is 0 Å². The molecule has 1 aromatic carbocycles. The van der Waals surface area contributed by atoms with E-state index in [0.29, 0.717) is 11.3 Å². The third-order valence-electron chi connectivity index (χ3n) is 5.33. The molecular formula is C21H27NO3. The van der Waals surface area contributed by atoms with Gasteiger partial charge in [0, 0.05) is 18.0 Å². The quantitative estimate of drug-likeness (QED) is 0.664. The maximum absolute atomic E-state index is 13.0. The van der Waals surface area contributed by atoms with E-state index in [1.54, 1.807) is 6.92 Å². The zero-order valence-corrected chi connectivity index (χ0v) is 15.1. The number of benzene rings is 1. The van der Waals surface area contributed by atoms with Crippen LogP contribution in [0.2, 0.25) is 0 Å². The molecule has 0 aromatic heterocycles. The molecule has 0 bridgehead atoms. The molecule has 25 heavy (non-hydrogen) atoms. The number of carbonyl (C=O) groups is 2. The molecule has 1 aliphatic carbocycles. The van der Waals surface area contributed by atoms with Crippen molar-refractivity contribution in [2.24, 2.45) is 0 Å². The Morgan fingerprint density at radius 2 is 1.76 bits per heavy atom. The van der Waals surface area contributed by atoms with Gasteiger partial charge in [-0.25, -0.2) is 4.79 Å². The Morgan fingerprint density at radius 3 is 2.44 bits per heavy atom. The molecule has 4 heteroatoms. The summed E-state index contributed by atoms with van der Waals surface area (Å²) in [5.74, 6) is -0.539. The Kier molecular flexibility index (Phi) is 5.57. The van der Waals surface area contributed by atoms with Gasteiger partial charge in [-0.15, -0.1) is 0 Å². The van der Waals surface area contributed by atoms with Crippen molar-refractivity contribution in [3.05, 3.63) is 46.7 Å². The van der Waals surface area contributed by atoms with Crippen LogP contribution in [0.3, 0.4) is 0 Å². The molecule has 0 radical (unpaired) electrons. The number of rotatable bonds is 3. The second kappa shape index (κ2) is 7.85. The number of carbonyl (C=O) groups excluding carboxylic acids is 2. The first-order valence-electron chi connectivity index (χ1n) is 9.33. The minimum Gasteiger partial charge on any atom is -0.459 e. The van der Waals surface area contributed by atoms with Crippen molar-refractivity contribution in [1.82, 2.24) is 5.32 Å². The van der Waals surface area contributed by atoms with Gasteiger partial charge in [-0.05, 0) is 50.7 Å². The molecule has 1 N–H and O–H groups in total. The van der Waals surface area contributed by atoms with E-state index in [1.165, 1.54) is 12.8 Å². The lowest BCUT2D eigenvalue weighted by Crippen LogP contribution is -2.35. The monoisotopic (exact) mass is 341 g/mol.